The number of anilines is 1. The van der Waals surface area contributed by atoms with Crippen molar-refractivity contribution in [1.29, 1.82) is 0 Å². The number of hydrogen-bond donors (Lipinski definition) is 2. The molecule has 2 N–H and O–H groups in total. The van der Waals surface area contributed by atoms with Gasteiger partial charge in [-0.05, 0) is 42.7 Å². The van der Waals surface area contributed by atoms with E-state index in [4.69, 9.17) is 9.47 Å². The maximum Gasteiger partial charge on any atom is 0.234 e. The van der Waals surface area contributed by atoms with Crippen molar-refractivity contribution in [2.24, 2.45) is 0 Å². The smallest absolute Gasteiger partial charge is 0.234 e. The van der Waals surface area contributed by atoms with E-state index in [1.54, 1.807) is 0 Å². The van der Waals surface area contributed by atoms with Crippen molar-refractivity contribution in [3.63, 3.8) is 0 Å². The van der Waals surface area contributed by atoms with Gasteiger partial charge in [0.05, 0.1) is 32.4 Å². The topological polar surface area (TPSA) is 62.8 Å². The predicted octanol–water partition coefficient (Wildman–Crippen LogP) is 4.25. The van der Waals surface area contributed by atoms with E-state index < -0.39 is 0 Å². The Hall–Kier alpha value is -2.57. The summed E-state index contributed by atoms with van der Waals surface area (Å²) in [7, 11) is 0. The maximum absolute atomic E-state index is 12.3. The van der Waals surface area contributed by atoms with Crippen LogP contribution in [0.2, 0.25) is 0 Å². The lowest BCUT2D eigenvalue weighted by atomic mass is 10.0. The third-order valence-electron chi connectivity index (χ3n) is 5.64. The summed E-state index contributed by atoms with van der Waals surface area (Å²) < 4.78 is 11.2. The van der Waals surface area contributed by atoms with Crippen molar-refractivity contribution >= 4 is 11.6 Å². The molecule has 1 saturated heterocycles. The second kappa shape index (κ2) is 13.8. The SMILES string of the molecule is CCCCCOc1ccc(C(CCNC(=O)CN2CCOCC2)Nc2ccccc2)cc1. The molecule has 0 radical (unpaired) electrons. The van der Waals surface area contributed by atoms with Gasteiger partial charge in [0.1, 0.15) is 5.75 Å². The van der Waals surface area contributed by atoms with Gasteiger partial charge in [-0.1, -0.05) is 50.1 Å². The minimum atomic E-state index is 0.0705. The molecule has 174 valence electrons. The number of carbonyl (C=O) groups is 1. The number of rotatable bonds is 13. The van der Waals surface area contributed by atoms with E-state index in [1.165, 1.54) is 18.4 Å². The molecule has 0 bridgehead atoms. The molecule has 2 aromatic rings. The van der Waals surface area contributed by atoms with Crippen LogP contribution in [0.3, 0.4) is 0 Å². The summed E-state index contributed by atoms with van der Waals surface area (Å²) >= 11 is 0. The fraction of sp³-hybridized carbons (Fsp3) is 0.500. The van der Waals surface area contributed by atoms with Gasteiger partial charge in [0.15, 0.2) is 0 Å². The number of unbranched alkanes of at least 4 members (excludes halogenated alkanes) is 2. The molecule has 1 unspecified atom stereocenters. The first-order chi connectivity index (χ1) is 15.7. The summed E-state index contributed by atoms with van der Waals surface area (Å²) in [6, 6.07) is 18.6. The lowest BCUT2D eigenvalue weighted by Crippen LogP contribution is -2.43. The normalized spacial score (nSPS) is 15.2. The summed E-state index contributed by atoms with van der Waals surface area (Å²) in [5.41, 5.74) is 2.24. The Bertz CT molecular complexity index is 777. The fourth-order valence-electron chi connectivity index (χ4n) is 3.77. The van der Waals surface area contributed by atoms with Crippen LogP contribution in [0.25, 0.3) is 0 Å². The van der Waals surface area contributed by atoms with Crippen LogP contribution in [-0.2, 0) is 9.53 Å². The summed E-state index contributed by atoms with van der Waals surface area (Å²) in [5.74, 6) is 0.975. The molecule has 1 heterocycles. The van der Waals surface area contributed by atoms with Crippen LogP contribution >= 0.6 is 0 Å². The number of ether oxygens (including phenoxy) is 2. The fourth-order valence-corrected chi connectivity index (χ4v) is 3.77. The number of carbonyl (C=O) groups excluding carboxylic acids is 1. The van der Waals surface area contributed by atoms with Crippen LogP contribution in [0.4, 0.5) is 5.69 Å². The molecule has 6 heteroatoms. The molecule has 1 atom stereocenters. The highest BCUT2D eigenvalue weighted by atomic mass is 16.5. The molecule has 1 fully saturated rings. The minimum Gasteiger partial charge on any atom is -0.494 e. The molecular formula is C26H37N3O3. The van der Waals surface area contributed by atoms with Gasteiger partial charge >= 0.3 is 0 Å². The Morgan fingerprint density at radius 1 is 1.06 bits per heavy atom. The van der Waals surface area contributed by atoms with Crippen LogP contribution in [0.5, 0.6) is 5.75 Å². The molecule has 1 amide bonds. The second-order valence-corrected chi connectivity index (χ2v) is 8.21. The molecule has 0 aliphatic carbocycles. The van der Waals surface area contributed by atoms with Crippen LogP contribution in [0.15, 0.2) is 54.6 Å². The van der Waals surface area contributed by atoms with Crippen molar-refractivity contribution in [2.45, 2.75) is 38.6 Å². The second-order valence-electron chi connectivity index (χ2n) is 8.21. The lowest BCUT2D eigenvalue weighted by Gasteiger charge is -2.26. The van der Waals surface area contributed by atoms with Crippen LogP contribution in [0, 0.1) is 0 Å². The van der Waals surface area contributed by atoms with Gasteiger partial charge < -0.3 is 20.1 Å². The van der Waals surface area contributed by atoms with Gasteiger partial charge in [0.25, 0.3) is 0 Å². The van der Waals surface area contributed by atoms with Crippen LogP contribution in [0.1, 0.15) is 44.2 Å². The minimum absolute atomic E-state index is 0.0705. The molecule has 1 aliphatic heterocycles. The molecule has 1 aliphatic rings. The Labute approximate surface area is 192 Å². The first-order valence-electron chi connectivity index (χ1n) is 11.9. The van der Waals surface area contributed by atoms with E-state index in [0.717, 1.165) is 44.0 Å². The molecule has 2 aromatic carbocycles. The van der Waals surface area contributed by atoms with E-state index in [0.29, 0.717) is 26.3 Å². The highest BCUT2D eigenvalue weighted by molar-refractivity contribution is 5.78. The van der Waals surface area contributed by atoms with E-state index >= 15 is 0 Å². The van der Waals surface area contributed by atoms with Gasteiger partial charge in [0.2, 0.25) is 5.91 Å². The van der Waals surface area contributed by atoms with Gasteiger partial charge in [-0.2, -0.15) is 0 Å². The molecule has 6 nitrogen and oxygen atoms in total. The number of nitrogens with zero attached hydrogens (tertiary/aromatic N) is 1. The third-order valence-corrected chi connectivity index (χ3v) is 5.64. The maximum atomic E-state index is 12.3. The van der Waals surface area contributed by atoms with Gasteiger partial charge in [0, 0.05) is 25.3 Å². The van der Waals surface area contributed by atoms with Crippen LogP contribution < -0.4 is 15.4 Å². The van der Waals surface area contributed by atoms with Crippen molar-refractivity contribution in [1.82, 2.24) is 10.2 Å². The van der Waals surface area contributed by atoms with Crippen molar-refractivity contribution < 1.29 is 14.3 Å². The highest BCUT2D eigenvalue weighted by Gasteiger charge is 2.16. The number of nitrogens with one attached hydrogen (secondary N) is 2. The summed E-state index contributed by atoms with van der Waals surface area (Å²) in [6.45, 7) is 7.04. The van der Waals surface area contributed by atoms with E-state index in [-0.39, 0.29) is 11.9 Å². The zero-order valence-corrected chi connectivity index (χ0v) is 19.2. The number of benzene rings is 2. The Morgan fingerprint density at radius 2 is 1.81 bits per heavy atom. The number of para-hydroxylation sites is 1. The average molecular weight is 440 g/mol. The molecule has 0 aromatic heterocycles. The standard InChI is InChI=1S/C26H37N3O3/c1-2-3-7-18-32-24-12-10-22(11-13-24)25(28-23-8-5-4-6-9-23)14-15-27-26(30)21-29-16-19-31-20-17-29/h4-6,8-13,25,28H,2-3,7,14-21H2,1H3,(H,27,30). The molecular weight excluding hydrogens is 402 g/mol. The number of amides is 1. The third kappa shape index (κ3) is 8.52. The van der Waals surface area contributed by atoms with E-state index in [1.807, 2.05) is 30.3 Å². The monoisotopic (exact) mass is 439 g/mol. The Kier molecular flexibility index (Phi) is 10.4. The zero-order valence-electron chi connectivity index (χ0n) is 19.2. The summed E-state index contributed by atoms with van der Waals surface area (Å²) in [5, 5.41) is 6.69. The average Bonchev–Trinajstić information content (AvgIpc) is 2.83. The molecule has 0 saturated carbocycles. The van der Waals surface area contributed by atoms with Crippen molar-refractivity contribution in [3.05, 3.63) is 60.2 Å². The van der Waals surface area contributed by atoms with Gasteiger partial charge in [-0.3, -0.25) is 9.69 Å². The van der Waals surface area contributed by atoms with Crippen LogP contribution in [-0.4, -0.2) is 56.8 Å². The number of hydrogen-bond acceptors (Lipinski definition) is 5. The van der Waals surface area contributed by atoms with E-state index in [9.17, 15) is 4.79 Å². The lowest BCUT2D eigenvalue weighted by molar-refractivity contribution is -0.123. The largest absolute Gasteiger partial charge is 0.494 e. The Balaban J connectivity index is 1.53. The highest BCUT2D eigenvalue weighted by Crippen LogP contribution is 2.24. The first kappa shape index (κ1) is 24.1. The molecule has 0 spiro atoms. The first-order valence-corrected chi connectivity index (χ1v) is 11.9. The van der Waals surface area contributed by atoms with Crippen molar-refractivity contribution in [2.75, 3.05) is 51.3 Å². The Morgan fingerprint density at radius 3 is 2.53 bits per heavy atom. The van der Waals surface area contributed by atoms with Gasteiger partial charge in [-0.25, -0.2) is 0 Å². The molecule has 32 heavy (non-hydrogen) atoms. The molecule has 3 rings (SSSR count). The predicted molar refractivity (Wildman–Crippen MR) is 129 cm³/mol. The van der Waals surface area contributed by atoms with Crippen molar-refractivity contribution in [3.8, 4) is 5.75 Å². The zero-order chi connectivity index (χ0) is 22.4. The quantitative estimate of drug-likeness (QED) is 0.457. The number of morpholine rings is 1. The summed E-state index contributed by atoms with van der Waals surface area (Å²) in [6.07, 6.45) is 4.26. The summed E-state index contributed by atoms with van der Waals surface area (Å²) in [4.78, 5) is 14.5. The van der Waals surface area contributed by atoms with Gasteiger partial charge in [-0.15, -0.1) is 0 Å². The van der Waals surface area contributed by atoms with E-state index in [2.05, 4.69) is 46.7 Å².